The lowest BCUT2D eigenvalue weighted by atomic mass is 9.95. The number of aliphatic carboxylic acids is 1. The first-order valence-corrected chi connectivity index (χ1v) is 6.11. The molecule has 0 spiro atoms. The lowest BCUT2D eigenvalue weighted by Crippen LogP contribution is -2.33. The van der Waals surface area contributed by atoms with Crippen LogP contribution in [0.5, 0.6) is 0 Å². The minimum atomic E-state index is -0.938. The van der Waals surface area contributed by atoms with Crippen molar-refractivity contribution in [3.8, 4) is 0 Å². The van der Waals surface area contributed by atoms with Crippen LogP contribution in [-0.4, -0.2) is 28.5 Å². The van der Waals surface area contributed by atoms with Crippen molar-refractivity contribution < 1.29 is 14.7 Å². The summed E-state index contributed by atoms with van der Waals surface area (Å²) in [5, 5.41) is 11.3. The fraction of sp³-hybridized carbons (Fsp3) is 0.462. The number of rotatable bonds is 6. The summed E-state index contributed by atoms with van der Waals surface area (Å²) in [5.41, 5.74) is 6.55. The van der Waals surface area contributed by atoms with Gasteiger partial charge in [0.1, 0.15) is 0 Å². The highest BCUT2D eigenvalue weighted by molar-refractivity contribution is 5.92. The summed E-state index contributed by atoms with van der Waals surface area (Å²) in [5.74, 6) is -1.18. The van der Waals surface area contributed by atoms with Gasteiger partial charge in [-0.15, -0.1) is 0 Å². The number of carbonyl (C=O) groups excluding carboxylic acids is 1. The number of anilines is 1. The average molecular weight is 265 g/mol. The van der Waals surface area contributed by atoms with Gasteiger partial charge in [-0.1, -0.05) is 13.8 Å². The Bertz CT molecular complexity index is 443. The lowest BCUT2D eigenvalue weighted by Gasteiger charge is -2.18. The first kappa shape index (κ1) is 15.1. The first-order valence-electron chi connectivity index (χ1n) is 6.11. The standard InChI is InChI=1S/C13H19N3O3/c1-8(2)11(6-14)13(19)16-10-4-3-9(15-7-10)5-12(17)18/h3-4,7-8,11H,5-6,14H2,1-2H3,(H,16,19)(H,17,18). The van der Waals surface area contributed by atoms with Crippen molar-refractivity contribution in [2.75, 3.05) is 11.9 Å². The smallest absolute Gasteiger partial charge is 0.309 e. The van der Waals surface area contributed by atoms with Crippen LogP contribution in [0.15, 0.2) is 18.3 Å². The molecule has 0 fully saturated rings. The van der Waals surface area contributed by atoms with Crippen LogP contribution in [0.2, 0.25) is 0 Å². The molecule has 104 valence electrons. The molecule has 0 aliphatic heterocycles. The molecule has 0 bridgehead atoms. The molecule has 1 heterocycles. The third kappa shape index (κ3) is 4.67. The Balaban J connectivity index is 2.67. The lowest BCUT2D eigenvalue weighted by molar-refractivity contribution is -0.136. The zero-order chi connectivity index (χ0) is 14.4. The number of nitrogens with one attached hydrogen (secondary N) is 1. The Hall–Kier alpha value is -1.95. The zero-order valence-corrected chi connectivity index (χ0v) is 11.1. The van der Waals surface area contributed by atoms with Crippen LogP contribution in [-0.2, 0) is 16.0 Å². The van der Waals surface area contributed by atoms with Crippen LogP contribution in [0.3, 0.4) is 0 Å². The molecular weight excluding hydrogens is 246 g/mol. The molecule has 1 amide bonds. The van der Waals surface area contributed by atoms with Crippen molar-refractivity contribution in [3.63, 3.8) is 0 Å². The summed E-state index contributed by atoms with van der Waals surface area (Å²) < 4.78 is 0. The van der Waals surface area contributed by atoms with E-state index in [0.717, 1.165) is 0 Å². The number of carboxylic acid groups (broad SMARTS) is 1. The number of carbonyl (C=O) groups is 2. The SMILES string of the molecule is CC(C)C(CN)C(=O)Nc1ccc(CC(=O)O)nc1. The molecule has 4 N–H and O–H groups in total. The van der Waals surface area contributed by atoms with Gasteiger partial charge in [0.15, 0.2) is 0 Å². The second-order valence-electron chi connectivity index (χ2n) is 4.68. The summed E-state index contributed by atoms with van der Waals surface area (Å²) in [6, 6.07) is 3.22. The van der Waals surface area contributed by atoms with E-state index >= 15 is 0 Å². The number of hydrogen-bond acceptors (Lipinski definition) is 4. The molecule has 19 heavy (non-hydrogen) atoms. The van der Waals surface area contributed by atoms with Gasteiger partial charge >= 0.3 is 5.97 Å². The predicted molar refractivity (Wildman–Crippen MR) is 71.6 cm³/mol. The van der Waals surface area contributed by atoms with Gasteiger partial charge in [-0.3, -0.25) is 14.6 Å². The highest BCUT2D eigenvalue weighted by Crippen LogP contribution is 2.13. The van der Waals surface area contributed by atoms with E-state index in [4.69, 9.17) is 10.8 Å². The molecule has 1 aromatic rings. The number of carboxylic acids is 1. The van der Waals surface area contributed by atoms with Crippen LogP contribution in [0.25, 0.3) is 0 Å². The van der Waals surface area contributed by atoms with Crippen LogP contribution < -0.4 is 11.1 Å². The third-order valence-corrected chi connectivity index (χ3v) is 2.82. The largest absolute Gasteiger partial charge is 0.481 e. The van der Waals surface area contributed by atoms with E-state index < -0.39 is 5.97 Å². The number of hydrogen-bond donors (Lipinski definition) is 3. The van der Waals surface area contributed by atoms with Crippen LogP contribution in [0.1, 0.15) is 19.5 Å². The topological polar surface area (TPSA) is 105 Å². The maximum absolute atomic E-state index is 11.9. The van der Waals surface area contributed by atoms with Gasteiger partial charge in [0, 0.05) is 6.54 Å². The van der Waals surface area contributed by atoms with E-state index in [1.54, 1.807) is 12.1 Å². The molecule has 6 heteroatoms. The quantitative estimate of drug-likeness (QED) is 0.708. The number of nitrogens with two attached hydrogens (primary N) is 1. The maximum atomic E-state index is 11.9. The van der Waals surface area contributed by atoms with Crippen molar-refractivity contribution >= 4 is 17.6 Å². The van der Waals surface area contributed by atoms with Gasteiger partial charge in [-0.05, 0) is 18.1 Å². The van der Waals surface area contributed by atoms with E-state index in [2.05, 4.69) is 10.3 Å². The molecule has 0 saturated heterocycles. The van der Waals surface area contributed by atoms with Crippen LogP contribution in [0.4, 0.5) is 5.69 Å². The number of aromatic nitrogens is 1. The zero-order valence-electron chi connectivity index (χ0n) is 11.1. The summed E-state index contributed by atoms with van der Waals surface area (Å²) in [6.45, 7) is 4.16. The highest BCUT2D eigenvalue weighted by Gasteiger charge is 2.20. The number of amides is 1. The Morgan fingerprint density at radius 1 is 1.42 bits per heavy atom. The van der Waals surface area contributed by atoms with Gasteiger partial charge in [0.25, 0.3) is 0 Å². The van der Waals surface area contributed by atoms with Gasteiger partial charge in [0.2, 0.25) is 5.91 Å². The summed E-state index contributed by atoms with van der Waals surface area (Å²) in [7, 11) is 0. The summed E-state index contributed by atoms with van der Waals surface area (Å²) >= 11 is 0. The first-order chi connectivity index (χ1) is 8.93. The van der Waals surface area contributed by atoms with Gasteiger partial charge < -0.3 is 16.2 Å². The monoisotopic (exact) mass is 265 g/mol. The molecule has 1 unspecified atom stereocenters. The molecule has 0 saturated carbocycles. The van der Waals surface area contributed by atoms with Crippen molar-refractivity contribution in [3.05, 3.63) is 24.0 Å². The predicted octanol–water partition coefficient (Wildman–Crippen LogP) is 0.878. The Morgan fingerprint density at radius 2 is 2.11 bits per heavy atom. The van der Waals surface area contributed by atoms with Gasteiger partial charge in [0.05, 0.1) is 29.9 Å². The van der Waals surface area contributed by atoms with E-state index in [-0.39, 0.29) is 30.7 Å². The number of pyridine rings is 1. The van der Waals surface area contributed by atoms with Crippen LogP contribution in [0, 0.1) is 11.8 Å². The maximum Gasteiger partial charge on any atom is 0.309 e. The van der Waals surface area contributed by atoms with Gasteiger partial charge in [-0.25, -0.2) is 0 Å². The van der Waals surface area contributed by atoms with Gasteiger partial charge in [-0.2, -0.15) is 0 Å². The Morgan fingerprint density at radius 3 is 2.53 bits per heavy atom. The molecule has 0 aliphatic rings. The normalized spacial score (nSPS) is 12.2. The molecule has 1 atom stereocenters. The minimum Gasteiger partial charge on any atom is -0.481 e. The third-order valence-electron chi connectivity index (χ3n) is 2.82. The van der Waals surface area contributed by atoms with E-state index in [1.165, 1.54) is 6.20 Å². The van der Waals surface area contributed by atoms with E-state index in [1.807, 2.05) is 13.8 Å². The molecule has 0 aliphatic carbocycles. The molecule has 1 aromatic heterocycles. The molecule has 0 radical (unpaired) electrons. The second kappa shape index (κ2) is 6.84. The Kier molecular flexibility index (Phi) is 5.44. The molecule has 0 aromatic carbocycles. The van der Waals surface area contributed by atoms with Crippen LogP contribution >= 0.6 is 0 Å². The van der Waals surface area contributed by atoms with E-state index in [0.29, 0.717) is 11.4 Å². The minimum absolute atomic E-state index is 0.133. The molecule has 1 rings (SSSR count). The second-order valence-corrected chi connectivity index (χ2v) is 4.68. The van der Waals surface area contributed by atoms with Crippen molar-refractivity contribution in [2.24, 2.45) is 17.6 Å². The van der Waals surface area contributed by atoms with Crippen molar-refractivity contribution in [2.45, 2.75) is 20.3 Å². The Labute approximate surface area is 112 Å². The number of nitrogens with zero attached hydrogens (tertiary/aromatic N) is 1. The van der Waals surface area contributed by atoms with Crippen molar-refractivity contribution in [1.29, 1.82) is 0 Å². The summed E-state index contributed by atoms with van der Waals surface area (Å²) in [4.78, 5) is 26.4. The fourth-order valence-corrected chi connectivity index (χ4v) is 1.67. The highest BCUT2D eigenvalue weighted by atomic mass is 16.4. The van der Waals surface area contributed by atoms with Crippen molar-refractivity contribution in [1.82, 2.24) is 4.98 Å². The average Bonchev–Trinajstić information content (AvgIpc) is 2.31. The fourth-order valence-electron chi connectivity index (χ4n) is 1.67. The molecular formula is C13H19N3O3. The molecule has 6 nitrogen and oxygen atoms in total. The van der Waals surface area contributed by atoms with E-state index in [9.17, 15) is 9.59 Å². The summed E-state index contributed by atoms with van der Waals surface area (Å²) in [6.07, 6.45) is 1.32.